The van der Waals surface area contributed by atoms with Crippen LogP contribution in [0.25, 0.3) is 11.1 Å². The van der Waals surface area contributed by atoms with E-state index in [2.05, 4.69) is 20.3 Å². The van der Waals surface area contributed by atoms with Crippen molar-refractivity contribution >= 4 is 16.8 Å². The van der Waals surface area contributed by atoms with Gasteiger partial charge < -0.3 is 14.7 Å². The fraction of sp³-hybridized carbons (Fsp3) is 0.167. The van der Waals surface area contributed by atoms with Gasteiger partial charge in [-0.25, -0.2) is 9.97 Å². The highest BCUT2D eigenvalue weighted by Crippen LogP contribution is 2.19. The first-order valence-electron chi connectivity index (χ1n) is 5.40. The van der Waals surface area contributed by atoms with Gasteiger partial charge in [0.05, 0.1) is 6.54 Å². The lowest BCUT2D eigenvalue weighted by atomic mass is 10.3. The van der Waals surface area contributed by atoms with Crippen LogP contribution in [0.4, 0.5) is 5.69 Å². The van der Waals surface area contributed by atoms with Crippen LogP contribution in [-0.2, 0) is 6.54 Å². The van der Waals surface area contributed by atoms with Gasteiger partial charge in [-0.2, -0.15) is 0 Å². The van der Waals surface area contributed by atoms with Crippen LogP contribution in [0.2, 0.25) is 0 Å². The second-order valence-electron chi connectivity index (χ2n) is 3.80. The van der Waals surface area contributed by atoms with Crippen molar-refractivity contribution in [3.05, 3.63) is 42.3 Å². The van der Waals surface area contributed by atoms with Crippen molar-refractivity contribution in [1.82, 2.24) is 15.0 Å². The zero-order valence-electron chi connectivity index (χ0n) is 9.40. The summed E-state index contributed by atoms with van der Waals surface area (Å²) >= 11 is 0. The minimum Gasteiger partial charge on any atom is -0.441 e. The summed E-state index contributed by atoms with van der Waals surface area (Å²) in [6, 6.07) is 5.85. The molecule has 0 aliphatic carbocycles. The van der Waals surface area contributed by atoms with Crippen LogP contribution in [0.3, 0.4) is 0 Å². The quantitative estimate of drug-likeness (QED) is 0.722. The monoisotopic (exact) mass is 228 g/mol. The number of fused-ring (bicyclic) bond motifs is 1. The molecule has 5 nitrogen and oxygen atoms in total. The molecule has 0 bridgehead atoms. The summed E-state index contributed by atoms with van der Waals surface area (Å²) in [4.78, 5) is 11.5. The lowest BCUT2D eigenvalue weighted by molar-refractivity contribution is 0.561. The highest BCUT2D eigenvalue weighted by molar-refractivity contribution is 5.77. The van der Waals surface area contributed by atoms with Crippen molar-refractivity contribution in [2.45, 2.75) is 13.5 Å². The van der Waals surface area contributed by atoms with Crippen LogP contribution in [0, 0.1) is 6.92 Å². The number of nitrogens with one attached hydrogen (secondary N) is 2. The molecule has 2 heterocycles. The summed E-state index contributed by atoms with van der Waals surface area (Å²) in [6.45, 7) is 2.51. The van der Waals surface area contributed by atoms with Gasteiger partial charge in [-0.1, -0.05) is 0 Å². The fourth-order valence-corrected chi connectivity index (χ4v) is 1.73. The predicted molar refractivity (Wildman–Crippen MR) is 64.7 cm³/mol. The largest absolute Gasteiger partial charge is 0.441 e. The smallest absolute Gasteiger partial charge is 0.192 e. The highest BCUT2D eigenvalue weighted by atomic mass is 16.3. The number of hydrogen-bond donors (Lipinski definition) is 2. The van der Waals surface area contributed by atoms with E-state index >= 15 is 0 Å². The summed E-state index contributed by atoms with van der Waals surface area (Å²) in [5.74, 6) is 1.59. The molecule has 17 heavy (non-hydrogen) atoms. The summed E-state index contributed by atoms with van der Waals surface area (Å²) < 4.78 is 5.42. The molecule has 0 saturated heterocycles. The maximum atomic E-state index is 5.42. The highest BCUT2D eigenvalue weighted by Gasteiger charge is 2.03. The topological polar surface area (TPSA) is 66.7 Å². The molecule has 86 valence electrons. The number of anilines is 1. The molecule has 5 heteroatoms. The van der Waals surface area contributed by atoms with E-state index in [1.807, 2.05) is 25.1 Å². The molecule has 0 radical (unpaired) electrons. The Morgan fingerprint density at radius 3 is 3.18 bits per heavy atom. The number of aromatic nitrogens is 3. The Labute approximate surface area is 97.9 Å². The minimum atomic E-state index is 0.662. The zero-order chi connectivity index (χ0) is 11.7. The van der Waals surface area contributed by atoms with Crippen LogP contribution in [0.1, 0.15) is 11.7 Å². The third-order valence-corrected chi connectivity index (χ3v) is 2.51. The van der Waals surface area contributed by atoms with Gasteiger partial charge in [-0.3, -0.25) is 0 Å². The first-order valence-corrected chi connectivity index (χ1v) is 5.40. The fourth-order valence-electron chi connectivity index (χ4n) is 1.73. The Morgan fingerprint density at radius 2 is 2.35 bits per heavy atom. The zero-order valence-corrected chi connectivity index (χ0v) is 9.40. The predicted octanol–water partition coefficient (Wildman–Crippen LogP) is 2.47. The molecule has 0 fully saturated rings. The number of benzene rings is 1. The normalized spacial score (nSPS) is 10.9. The summed E-state index contributed by atoms with van der Waals surface area (Å²) in [5, 5.41) is 3.27. The Morgan fingerprint density at radius 1 is 1.41 bits per heavy atom. The third-order valence-electron chi connectivity index (χ3n) is 2.51. The number of imidazole rings is 1. The maximum Gasteiger partial charge on any atom is 0.192 e. The SMILES string of the molecule is Cc1nc2cc(NCc3ncc[nH]3)ccc2o1. The lowest BCUT2D eigenvalue weighted by Gasteiger charge is -2.03. The molecule has 0 atom stereocenters. The van der Waals surface area contributed by atoms with Crippen molar-refractivity contribution in [3.8, 4) is 0 Å². The van der Waals surface area contributed by atoms with Gasteiger partial charge in [0.25, 0.3) is 0 Å². The van der Waals surface area contributed by atoms with Crippen molar-refractivity contribution in [2.24, 2.45) is 0 Å². The number of aromatic amines is 1. The molecule has 0 aliphatic rings. The molecule has 0 unspecified atom stereocenters. The Hall–Kier alpha value is -2.30. The number of nitrogens with zero attached hydrogens (tertiary/aromatic N) is 2. The van der Waals surface area contributed by atoms with Gasteiger partial charge in [0, 0.05) is 25.0 Å². The van der Waals surface area contributed by atoms with E-state index in [9.17, 15) is 0 Å². The van der Waals surface area contributed by atoms with Gasteiger partial charge >= 0.3 is 0 Å². The molecule has 0 aliphatic heterocycles. The third kappa shape index (κ3) is 1.99. The van der Waals surface area contributed by atoms with Crippen LogP contribution < -0.4 is 5.32 Å². The van der Waals surface area contributed by atoms with E-state index in [1.54, 1.807) is 12.4 Å². The molecule has 1 aromatic carbocycles. The van der Waals surface area contributed by atoms with E-state index < -0.39 is 0 Å². The van der Waals surface area contributed by atoms with E-state index in [4.69, 9.17) is 4.42 Å². The second kappa shape index (κ2) is 3.93. The van der Waals surface area contributed by atoms with Crippen molar-refractivity contribution < 1.29 is 4.42 Å². The number of aryl methyl sites for hydroxylation is 1. The Balaban J connectivity index is 1.81. The Bertz CT molecular complexity index is 627. The summed E-state index contributed by atoms with van der Waals surface area (Å²) in [6.07, 6.45) is 3.54. The molecule has 3 aromatic rings. The van der Waals surface area contributed by atoms with Crippen LogP contribution in [-0.4, -0.2) is 15.0 Å². The molecule has 0 saturated carbocycles. The molecular weight excluding hydrogens is 216 g/mol. The standard InChI is InChI=1S/C12H12N4O/c1-8-16-10-6-9(2-3-11(10)17-8)15-7-12-13-4-5-14-12/h2-6,15H,7H2,1H3,(H,13,14). The molecule has 0 amide bonds. The van der Waals surface area contributed by atoms with Crippen LogP contribution >= 0.6 is 0 Å². The molecule has 2 N–H and O–H groups in total. The van der Waals surface area contributed by atoms with E-state index in [1.165, 1.54) is 0 Å². The number of rotatable bonds is 3. The van der Waals surface area contributed by atoms with Crippen molar-refractivity contribution in [2.75, 3.05) is 5.32 Å². The Kier molecular flexibility index (Phi) is 2.29. The number of oxazole rings is 1. The summed E-state index contributed by atoms with van der Waals surface area (Å²) in [7, 11) is 0. The first kappa shape index (κ1) is 9.89. The maximum absolute atomic E-state index is 5.42. The van der Waals surface area contributed by atoms with Crippen molar-refractivity contribution in [1.29, 1.82) is 0 Å². The van der Waals surface area contributed by atoms with E-state index in [-0.39, 0.29) is 0 Å². The second-order valence-corrected chi connectivity index (χ2v) is 3.80. The molecule has 0 spiro atoms. The van der Waals surface area contributed by atoms with E-state index in [0.29, 0.717) is 12.4 Å². The molecular formula is C12H12N4O. The van der Waals surface area contributed by atoms with Crippen molar-refractivity contribution in [3.63, 3.8) is 0 Å². The molecule has 3 rings (SSSR count). The number of hydrogen-bond acceptors (Lipinski definition) is 4. The first-order chi connectivity index (χ1) is 8.31. The summed E-state index contributed by atoms with van der Waals surface area (Å²) in [5.41, 5.74) is 2.68. The van der Waals surface area contributed by atoms with Crippen LogP contribution in [0.15, 0.2) is 35.0 Å². The van der Waals surface area contributed by atoms with Gasteiger partial charge in [0.15, 0.2) is 11.5 Å². The average Bonchev–Trinajstić information content (AvgIpc) is 2.92. The number of H-pyrrole nitrogens is 1. The average molecular weight is 228 g/mol. The van der Waals surface area contributed by atoms with Gasteiger partial charge in [-0.15, -0.1) is 0 Å². The van der Waals surface area contributed by atoms with Gasteiger partial charge in [-0.05, 0) is 18.2 Å². The van der Waals surface area contributed by atoms with Crippen LogP contribution in [0.5, 0.6) is 0 Å². The lowest BCUT2D eigenvalue weighted by Crippen LogP contribution is -2.00. The van der Waals surface area contributed by atoms with E-state index in [0.717, 1.165) is 22.6 Å². The van der Waals surface area contributed by atoms with Gasteiger partial charge in [0.1, 0.15) is 11.3 Å². The molecule has 2 aromatic heterocycles. The van der Waals surface area contributed by atoms with Gasteiger partial charge in [0.2, 0.25) is 0 Å². The minimum absolute atomic E-state index is 0.662.